The zero-order valence-corrected chi connectivity index (χ0v) is 20.0. The lowest BCUT2D eigenvalue weighted by atomic mass is 9.55. The molecule has 0 aromatic carbocycles. The summed E-state index contributed by atoms with van der Waals surface area (Å²) in [4.78, 5) is 4.09. The van der Waals surface area contributed by atoms with E-state index >= 15 is 4.39 Å². The monoisotopic (exact) mass is 459 g/mol. The molecule has 0 saturated heterocycles. The summed E-state index contributed by atoms with van der Waals surface area (Å²) < 4.78 is 43.9. The van der Waals surface area contributed by atoms with Gasteiger partial charge in [0.05, 0.1) is 0 Å². The first-order valence-corrected chi connectivity index (χ1v) is 12.5. The van der Waals surface area contributed by atoms with Crippen LogP contribution in [0.1, 0.15) is 52.0 Å². The third-order valence-corrected chi connectivity index (χ3v) is 9.93. The van der Waals surface area contributed by atoms with Crippen molar-refractivity contribution in [3.05, 3.63) is 23.9 Å². The Balaban J connectivity index is 1.30. The van der Waals surface area contributed by atoms with Gasteiger partial charge in [0.2, 0.25) is 0 Å². The maximum Gasteiger partial charge on any atom is 0.285 e. The van der Waals surface area contributed by atoms with Gasteiger partial charge >= 0.3 is 0 Å². The quantitative estimate of drug-likeness (QED) is 0.346. The highest BCUT2D eigenvalue weighted by atomic mass is 32.2. The third-order valence-electron chi connectivity index (χ3n) is 8.22. The van der Waals surface area contributed by atoms with E-state index in [0.29, 0.717) is 23.7 Å². The fraction of sp³-hybridized carbons (Fsp3) is 0.773. The van der Waals surface area contributed by atoms with Gasteiger partial charge in [0.15, 0.2) is 0 Å². The zero-order valence-electron chi connectivity index (χ0n) is 18.1. The van der Waals surface area contributed by atoms with E-state index in [9.17, 15) is 8.78 Å². The summed E-state index contributed by atoms with van der Waals surface area (Å²) in [6.45, 7) is 9.24. The van der Waals surface area contributed by atoms with Crippen LogP contribution in [0, 0.1) is 22.2 Å². The van der Waals surface area contributed by atoms with Gasteiger partial charge < -0.3 is 5.32 Å². The molecule has 1 N–H and O–H groups in total. The second kappa shape index (κ2) is 7.81. The number of anilines is 1. The molecule has 1 spiro atoms. The second-order valence-corrected chi connectivity index (χ2v) is 11.6. The smallest absolute Gasteiger partial charge is 0.285 e. The number of hydrogen-bond donors (Lipinski definition) is 1. The fourth-order valence-electron chi connectivity index (χ4n) is 6.52. The van der Waals surface area contributed by atoms with Crippen LogP contribution in [0.4, 0.5) is 19.0 Å². The highest BCUT2D eigenvalue weighted by molar-refractivity contribution is 7.97. The van der Waals surface area contributed by atoms with Gasteiger partial charge in [-0.3, -0.25) is 0 Å². The first kappa shape index (κ1) is 22.7. The molecule has 3 saturated carbocycles. The molecule has 3 aliphatic rings. The average Bonchev–Trinajstić information content (AvgIpc) is 3.10. The van der Waals surface area contributed by atoms with Crippen molar-refractivity contribution in [2.75, 3.05) is 30.7 Å². The molecule has 8 heteroatoms. The molecule has 168 valence electrons. The maximum atomic E-state index is 15.0. The van der Waals surface area contributed by atoms with Crippen LogP contribution < -0.4 is 5.32 Å². The van der Waals surface area contributed by atoms with Crippen LogP contribution in [0.25, 0.3) is 0 Å². The highest BCUT2D eigenvalue weighted by Gasteiger charge is 2.88. The van der Waals surface area contributed by atoms with Gasteiger partial charge in [-0.1, -0.05) is 42.0 Å². The van der Waals surface area contributed by atoms with Crippen molar-refractivity contribution in [3.63, 3.8) is 0 Å². The summed E-state index contributed by atoms with van der Waals surface area (Å²) in [6.07, 6.45) is 4.55. The number of nitrogens with zero attached hydrogens (tertiary/aromatic N) is 2. The molecule has 0 radical (unpaired) electrons. The van der Waals surface area contributed by atoms with Gasteiger partial charge in [-0.25, -0.2) is 13.7 Å². The van der Waals surface area contributed by atoms with E-state index in [2.05, 4.69) is 35.4 Å². The molecule has 0 aliphatic heterocycles. The molecule has 5 unspecified atom stereocenters. The Morgan fingerprint density at radius 2 is 2.07 bits per heavy atom. The molecule has 1 aromatic rings. The standard InChI is InChI=1S/C22H33F3N3PS/c1-4-10-28(11-9-26-18-6-5-15(13-27-18)22(24,25)29)30-14-20-7-8-21(20)16(12-17(20)23)19(21,2)3/h5-6,13,16-17H,4,7-12,14,29H2,1-3H3,(H,26,27). The van der Waals surface area contributed by atoms with E-state index in [-0.39, 0.29) is 16.4 Å². The van der Waals surface area contributed by atoms with E-state index in [1.54, 1.807) is 18.0 Å². The number of pyridine rings is 1. The Labute approximate surface area is 184 Å². The summed E-state index contributed by atoms with van der Waals surface area (Å²) in [5.41, 5.74) is -2.66. The predicted molar refractivity (Wildman–Crippen MR) is 122 cm³/mol. The summed E-state index contributed by atoms with van der Waals surface area (Å²) in [7, 11) is 1.53. The first-order chi connectivity index (χ1) is 14.1. The molecule has 30 heavy (non-hydrogen) atoms. The van der Waals surface area contributed by atoms with Crippen molar-refractivity contribution in [2.45, 2.75) is 58.3 Å². The molecule has 3 fully saturated rings. The van der Waals surface area contributed by atoms with Crippen LogP contribution in [-0.2, 0) is 5.66 Å². The van der Waals surface area contributed by atoms with E-state index in [4.69, 9.17) is 0 Å². The Kier molecular flexibility index (Phi) is 5.90. The lowest BCUT2D eigenvalue weighted by Gasteiger charge is -2.53. The Hall–Kier alpha value is -0.520. The number of halogens is 3. The molecule has 0 bridgehead atoms. The van der Waals surface area contributed by atoms with E-state index in [1.807, 2.05) is 0 Å². The van der Waals surface area contributed by atoms with Crippen LogP contribution in [0.3, 0.4) is 0 Å². The van der Waals surface area contributed by atoms with Crippen molar-refractivity contribution in [2.24, 2.45) is 22.2 Å². The zero-order chi connectivity index (χ0) is 21.8. The minimum Gasteiger partial charge on any atom is -0.369 e. The van der Waals surface area contributed by atoms with Crippen molar-refractivity contribution in [3.8, 4) is 0 Å². The van der Waals surface area contributed by atoms with Gasteiger partial charge in [-0.2, -0.15) is 8.78 Å². The summed E-state index contributed by atoms with van der Waals surface area (Å²) in [6, 6.07) is 2.98. The van der Waals surface area contributed by atoms with Gasteiger partial charge in [0.25, 0.3) is 5.66 Å². The molecular formula is C22H33F3N3PS. The summed E-state index contributed by atoms with van der Waals surface area (Å²) in [5.74, 6) is 2.02. The normalized spacial score (nSPS) is 33.7. The average molecular weight is 460 g/mol. The topological polar surface area (TPSA) is 28.2 Å². The van der Waals surface area contributed by atoms with Crippen LogP contribution in [0.5, 0.6) is 0 Å². The number of alkyl halides is 3. The number of rotatable bonds is 10. The number of aromatic nitrogens is 1. The third kappa shape index (κ3) is 3.38. The Bertz CT molecular complexity index is 772. The van der Waals surface area contributed by atoms with E-state index < -0.39 is 11.8 Å². The molecule has 5 atom stereocenters. The van der Waals surface area contributed by atoms with E-state index in [0.717, 1.165) is 38.1 Å². The molecular weight excluding hydrogens is 426 g/mol. The lowest BCUT2D eigenvalue weighted by Crippen LogP contribution is -2.51. The highest BCUT2D eigenvalue weighted by Crippen LogP contribution is 2.91. The van der Waals surface area contributed by atoms with Crippen molar-refractivity contribution >= 4 is 27.0 Å². The molecule has 0 amide bonds. The summed E-state index contributed by atoms with van der Waals surface area (Å²) in [5, 5.41) is 3.22. The molecule has 1 aromatic heterocycles. The summed E-state index contributed by atoms with van der Waals surface area (Å²) >= 11 is 1.80. The minimum absolute atomic E-state index is 0.117. The van der Waals surface area contributed by atoms with Crippen LogP contribution in [0.2, 0.25) is 0 Å². The largest absolute Gasteiger partial charge is 0.369 e. The molecule has 3 nitrogen and oxygen atoms in total. The molecule has 4 rings (SSSR count). The minimum atomic E-state index is -2.96. The van der Waals surface area contributed by atoms with Crippen LogP contribution in [-0.4, -0.2) is 40.8 Å². The second-order valence-electron chi connectivity index (χ2n) is 9.79. The first-order valence-electron chi connectivity index (χ1n) is 11.0. The van der Waals surface area contributed by atoms with Gasteiger partial charge in [-0.05, 0) is 54.6 Å². The predicted octanol–water partition coefficient (Wildman–Crippen LogP) is 5.94. The van der Waals surface area contributed by atoms with Crippen molar-refractivity contribution in [1.82, 2.24) is 9.29 Å². The maximum absolute atomic E-state index is 15.0. The van der Waals surface area contributed by atoms with Gasteiger partial charge in [0.1, 0.15) is 12.0 Å². The van der Waals surface area contributed by atoms with E-state index in [1.165, 1.54) is 27.9 Å². The van der Waals surface area contributed by atoms with Gasteiger partial charge in [-0.15, -0.1) is 0 Å². The Morgan fingerprint density at radius 1 is 1.30 bits per heavy atom. The van der Waals surface area contributed by atoms with Crippen molar-refractivity contribution < 1.29 is 13.2 Å². The van der Waals surface area contributed by atoms with Crippen LogP contribution in [0.15, 0.2) is 18.3 Å². The Morgan fingerprint density at radius 3 is 2.63 bits per heavy atom. The number of hydrogen-bond acceptors (Lipinski definition) is 4. The molecule has 1 heterocycles. The SMILES string of the molecule is CCCN(CCNc1ccc(C(F)(F)P)cn1)SCC12CCC13C(CC2F)C3(C)C. The van der Waals surface area contributed by atoms with Crippen molar-refractivity contribution in [1.29, 1.82) is 0 Å². The number of nitrogens with one attached hydrogen (secondary N) is 1. The fourth-order valence-corrected chi connectivity index (χ4v) is 8.22. The van der Waals surface area contributed by atoms with Gasteiger partial charge in [0, 0.05) is 42.6 Å². The lowest BCUT2D eigenvalue weighted by molar-refractivity contribution is -0.0463. The van der Waals surface area contributed by atoms with Crippen LogP contribution >= 0.6 is 21.2 Å². The molecule has 3 aliphatic carbocycles.